The monoisotopic (exact) mass is 411 g/mol. The first-order chi connectivity index (χ1) is 14.3. The van der Waals surface area contributed by atoms with Gasteiger partial charge in [-0.2, -0.15) is 0 Å². The Hall–Kier alpha value is -3.75. The smallest absolute Gasteiger partial charge is 0.328 e. The Morgan fingerprint density at radius 2 is 1.77 bits per heavy atom. The third-order valence-electron chi connectivity index (χ3n) is 4.84. The summed E-state index contributed by atoms with van der Waals surface area (Å²) in [6.45, 7) is 3.57. The predicted molar refractivity (Wildman–Crippen MR) is 109 cm³/mol. The predicted octanol–water partition coefficient (Wildman–Crippen LogP) is 2.93. The molecule has 1 atom stereocenters. The zero-order valence-electron chi connectivity index (χ0n) is 16.6. The maximum absolute atomic E-state index is 13.2. The summed E-state index contributed by atoms with van der Waals surface area (Å²) in [7, 11) is 0. The van der Waals surface area contributed by atoms with Crippen molar-refractivity contribution in [1.29, 1.82) is 0 Å². The molecule has 9 heteroatoms. The number of carbonyl (C=O) groups excluding carboxylic acids is 3. The molecule has 3 rings (SSSR count). The van der Waals surface area contributed by atoms with Crippen LogP contribution in [0.15, 0.2) is 48.5 Å². The van der Waals surface area contributed by atoms with E-state index >= 15 is 0 Å². The van der Waals surface area contributed by atoms with E-state index in [1.54, 1.807) is 38.1 Å². The molecule has 0 aromatic heterocycles. The minimum atomic E-state index is -0.854. The Morgan fingerprint density at radius 1 is 1.13 bits per heavy atom. The molecule has 0 bridgehead atoms. The van der Waals surface area contributed by atoms with Crippen molar-refractivity contribution in [3.8, 4) is 0 Å². The number of anilines is 2. The number of carbonyl (C=O) groups is 3. The van der Waals surface area contributed by atoms with Crippen molar-refractivity contribution in [3.05, 3.63) is 64.2 Å². The lowest BCUT2D eigenvalue weighted by Gasteiger charge is -2.29. The number of non-ortho nitro benzene ring substituents is 1. The topological polar surface area (TPSA) is 110 Å². The first-order valence-electron chi connectivity index (χ1n) is 9.49. The number of amides is 2. The van der Waals surface area contributed by atoms with Crippen molar-refractivity contribution in [3.63, 3.8) is 0 Å². The summed E-state index contributed by atoms with van der Waals surface area (Å²) >= 11 is 0. The van der Waals surface area contributed by atoms with Crippen LogP contribution in [0.5, 0.6) is 0 Å². The minimum absolute atomic E-state index is 0.0111. The molecule has 1 heterocycles. The van der Waals surface area contributed by atoms with Crippen LogP contribution in [0, 0.1) is 10.1 Å². The molecule has 2 aromatic carbocycles. The maximum Gasteiger partial charge on any atom is 0.328 e. The van der Waals surface area contributed by atoms with Gasteiger partial charge in [-0.25, -0.2) is 4.79 Å². The zero-order chi connectivity index (χ0) is 21.8. The van der Waals surface area contributed by atoms with Gasteiger partial charge < -0.3 is 9.64 Å². The Balaban J connectivity index is 1.99. The van der Waals surface area contributed by atoms with Crippen molar-refractivity contribution >= 4 is 34.8 Å². The van der Waals surface area contributed by atoms with E-state index in [0.717, 1.165) is 0 Å². The van der Waals surface area contributed by atoms with Gasteiger partial charge in [0.1, 0.15) is 6.04 Å². The fourth-order valence-electron chi connectivity index (χ4n) is 3.36. The molecular formula is C21H21N3O6. The van der Waals surface area contributed by atoms with E-state index in [2.05, 4.69) is 0 Å². The molecule has 1 unspecified atom stereocenters. The van der Waals surface area contributed by atoms with Gasteiger partial charge in [-0.3, -0.25) is 24.6 Å². The van der Waals surface area contributed by atoms with Crippen LogP contribution in [0.4, 0.5) is 17.1 Å². The van der Waals surface area contributed by atoms with E-state index in [1.165, 1.54) is 34.1 Å². The van der Waals surface area contributed by atoms with Crippen molar-refractivity contribution in [1.82, 2.24) is 0 Å². The summed E-state index contributed by atoms with van der Waals surface area (Å²) < 4.78 is 5.07. The average molecular weight is 411 g/mol. The van der Waals surface area contributed by atoms with Crippen LogP contribution in [0.3, 0.4) is 0 Å². The van der Waals surface area contributed by atoms with Crippen LogP contribution >= 0.6 is 0 Å². The SMILES string of the molecule is CCOC(=O)C(C)N1C(=O)CCN(C(=O)c2ccc([N+](=O)[O-])cc2)c2ccccc21. The third-order valence-corrected chi connectivity index (χ3v) is 4.84. The van der Waals surface area contributed by atoms with Crippen molar-refractivity contribution in [2.24, 2.45) is 0 Å². The second-order valence-electron chi connectivity index (χ2n) is 6.69. The van der Waals surface area contributed by atoms with Gasteiger partial charge in [0.2, 0.25) is 5.91 Å². The maximum atomic E-state index is 13.2. The fraction of sp³-hybridized carbons (Fsp3) is 0.286. The van der Waals surface area contributed by atoms with E-state index in [1.807, 2.05) is 0 Å². The number of benzene rings is 2. The van der Waals surface area contributed by atoms with Gasteiger partial charge in [-0.15, -0.1) is 0 Å². The van der Waals surface area contributed by atoms with E-state index in [4.69, 9.17) is 4.74 Å². The molecule has 0 N–H and O–H groups in total. The van der Waals surface area contributed by atoms with E-state index in [0.29, 0.717) is 11.4 Å². The Kier molecular flexibility index (Phi) is 6.10. The summed E-state index contributed by atoms with van der Waals surface area (Å²) in [6.07, 6.45) is 0.0111. The third kappa shape index (κ3) is 4.00. The molecule has 0 saturated carbocycles. The van der Waals surface area contributed by atoms with Gasteiger partial charge in [0.25, 0.3) is 11.6 Å². The Labute approximate surface area is 173 Å². The number of para-hydroxylation sites is 2. The normalized spacial score (nSPS) is 14.5. The van der Waals surface area contributed by atoms with Crippen LogP contribution < -0.4 is 9.80 Å². The van der Waals surface area contributed by atoms with Crippen LogP contribution in [0.1, 0.15) is 30.6 Å². The zero-order valence-corrected chi connectivity index (χ0v) is 16.6. The van der Waals surface area contributed by atoms with Crippen molar-refractivity contribution in [2.45, 2.75) is 26.3 Å². The first-order valence-corrected chi connectivity index (χ1v) is 9.49. The summed E-state index contributed by atoms with van der Waals surface area (Å²) in [5.41, 5.74) is 1.04. The molecule has 0 aliphatic carbocycles. The standard InChI is InChI=1S/C21H21N3O6/c1-3-30-21(27)14(2)23-18-7-5-4-6-17(18)22(13-12-19(23)25)20(26)15-8-10-16(11-9-15)24(28)29/h4-11,14H,3,12-13H2,1-2H3. The van der Waals surface area contributed by atoms with Gasteiger partial charge >= 0.3 is 5.97 Å². The Morgan fingerprint density at radius 3 is 2.37 bits per heavy atom. The summed E-state index contributed by atoms with van der Waals surface area (Å²) in [6, 6.07) is 11.3. The lowest BCUT2D eigenvalue weighted by atomic mass is 10.1. The number of fused-ring (bicyclic) bond motifs is 1. The van der Waals surface area contributed by atoms with Gasteiger partial charge in [0.15, 0.2) is 0 Å². The van der Waals surface area contributed by atoms with E-state index in [-0.39, 0.29) is 36.7 Å². The van der Waals surface area contributed by atoms with Crippen molar-refractivity contribution < 1.29 is 24.0 Å². The number of rotatable bonds is 5. The molecule has 2 aromatic rings. The number of hydrogen-bond acceptors (Lipinski definition) is 6. The number of ether oxygens (including phenoxy) is 1. The highest BCUT2D eigenvalue weighted by Gasteiger charge is 2.35. The lowest BCUT2D eigenvalue weighted by molar-refractivity contribution is -0.384. The van der Waals surface area contributed by atoms with Gasteiger partial charge in [-0.1, -0.05) is 12.1 Å². The molecule has 0 spiro atoms. The highest BCUT2D eigenvalue weighted by molar-refractivity contribution is 6.12. The van der Waals surface area contributed by atoms with E-state index in [9.17, 15) is 24.5 Å². The van der Waals surface area contributed by atoms with Crippen LogP contribution in [-0.4, -0.2) is 41.9 Å². The molecule has 0 fully saturated rings. The minimum Gasteiger partial charge on any atom is -0.464 e. The number of nitro groups is 1. The number of nitrogens with zero attached hydrogens (tertiary/aromatic N) is 3. The number of esters is 1. The first kappa shape index (κ1) is 21.0. The second kappa shape index (κ2) is 8.73. The summed E-state index contributed by atoms with van der Waals surface area (Å²) in [4.78, 5) is 51.4. The number of hydrogen-bond donors (Lipinski definition) is 0. The van der Waals surface area contributed by atoms with Crippen molar-refractivity contribution in [2.75, 3.05) is 23.0 Å². The largest absolute Gasteiger partial charge is 0.464 e. The Bertz CT molecular complexity index is 988. The number of nitro benzene ring substituents is 1. The highest BCUT2D eigenvalue weighted by atomic mass is 16.6. The molecule has 0 saturated heterocycles. The van der Waals surface area contributed by atoms with Crippen LogP contribution in [0.25, 0.3) is 0 Å². The summed E-state index contributed by atoms with van der Waals surface area (Å²) in [5.74, 6) is -1.23. The quantitative estimate of drug-likeness (QED) is 0.425. The second-order valence-corrected chi connectivity index (χ2v) is 6.69. The molecule has 9 nitrogen and oxygen atoms in total. The molecule has 30 heavy (non-hydrogen) atoms. The molecular weight excluding hydrogens is 390 g/mol. The highest BCUT2D eigenvalue weighted by Crippen LogP contribution is 2.35. The summed E-state index contributed by atoms with van der Waals surface area (Å²) in [5, 5.41) is 10.9. The lowest BCUT2D eigenvalue weighted by Crippen LogP contribution is -2.44. The van der Waals surface area contributed by atoms with Crippen LogP contribution in [-0.2, 0) is 14.3 Å². The van der Waals surface area contributed by atoms with Gasteiger partial charge in [-0.05, 0) is 38.1 Å². The fourth-order valence-corrected chi connectivity index (χ4v) is 3.36. The average Bonchev–Trinajstić information content (AvgIpc) is 2.89. The molecule has 156 valence electrons. The molecule has 0 radical (unpaired) electrons. The van der Waals surface area contributed by atoms with Gasteiger partial charge in [0.05, 0.1) is 22.9 Å². The molecule has 2 amide bonds. The van der Waals surface area contributed by atoms with Gasteiger partial charge in [0, 0.05) is 30.7 Å². The van der Waals surface area contributed by atoms with Crippen LogP contribution in [0.2, 0.25) is 0 Å². The molecule has 1 aliphatic rings. The molecule has 1 aliphatic heterocycles. The van der Waals surface area contributed by atoms with E-state index < -0.39 is 22.8 Å².